The molecule has 0 aliphatic heterocycles. The zero-order chi connectivity index (χ0) is 16.0. The molecule has 0 bridgehead atoms. The van der Waals surface area contributed by atoms with Crippen molar-refractivity contribution in [3.8, 4) is 0 Å². The summed E-state index contributed by atoms with van der Waals surface area (Å²) in [6.45, 7) is 5.99. The van der Waals surface area contributed by atoms with Gasteiger partial charge in [0.1, 0.15) is 12.6 Å². The van der Waals surface area contributed by atoms with E-state index < -0.39 is 12.0 Å². The maximum Gasteiger partial charge on any atom is 0.323 e. The second kappa shape index (κ2) is 7.88. The van der Waals surface area contributed by atoms with Crippen molar-refractivity contribution in [1.29, 1.82) is 0 Å². The first kappa shape index (κ1) is 17.3. The summed E-state index contributed by atoms with van der Waals surface area (Å²) in [7, 11) is 0. The van der Waals surface area contributed by atoms with Gasteiger partial charge in [0.25, 0.3) is 0 Å². The van der Waals surface area contributed by atoms with Crippen molar-refractivity contribution in [2.45, 2.75) is 26.8 Å². The van der Waals surface area contributed by atoms with E-state index in [0.29, 0.717) is 23.2 Å². The molecule has 1 rings (SSSR count). The maximum atomic E-state index is 12.1. The summed E-state index contributed by atoms with van der Waals surface area (Å²) < 4.78 is 0. The lowest BCUT2D eigenvalue weighted by Gasteiger charge is -2.29. The molecule has 0 aliphatic carbocycles. The van der Waals surface area contributed by atoms with Gasteiger partial charge in [0, 0.05) is 17.3 Å². The molecule has 1 amide bonds. The fraction of sp³-hybridized carbons (Fsp3) is 0.467. The van der Waals surface area contributed by atoms with Gasteiger partial charge < -0.3 is 15.3 Å². The zero-order valence-corrected chi connectivity index (χ0v) is 13.2. The van der Waals surface area contributed by atoms with Gasteiger partial charge in [-0.2, -0.15) is 0 Å². The van der Waals surface area contributed by atoms with Crippen LogP contribution in [0.1, 0.15) is 20.8 Å². The molecule has 116 valence electrons. The molecular weight excluding hydrogens is 292 g/mol. The van der Waals surface area contributed by atoms with Crippen LogP contribution in [0.25, 0.3) is 0 Å². The number of nitrogens with one attached hydrogen (secondary N) is 1. The molecule has 2 N–H and O–H groups in total. The van der Waals surface area contributed by atoms with Gasteiger partial charge in [-0.3, -0.25) is 9.59 Å². The highest BCUT2D eigenvalue weighted by atomic mass is 35.5. The Labute approximate surface area is 129 Å². The number of carbonyl (C=O) groups is 2. The first-order valence-corrected chi connectivity index (χ1v) is 7.20. The van der Waals surface area contributed by atoms with Crippen molar-refractivity contribution < 1.29 is 14.7 Å². The number of carboxylic acids is 1. The van der Waals surface area contributed by atoms with Crippen molar-refractivity contribution in [1.82, 2.24) is 5.32 Å². The summed E-state index contributed by atoms with van der Waals surface area (Å²) in [6.07, 6.45) is 0. The topological polar surface area (TPSA) is 69.6 Å². The van der Waals surface area contributed by atoms with Gasteiger partial charge in [-0.05, 0) is 37.1 Å². The number of carbonyl (C=O) groups excluding carboxylic acids is 1. The van der Waals surface area contributed by atoms with E-state index in [4.69, 9.17) is 16.7 Å². The first-order valence-electron chi connectivity index (χ1n) is 6.83. The fourth-order valence-electron chi connectivity index (χ4n) is 1.82. The van der Waals surface area contributed by atoms with Crippen LogP contribution in [0.2, 0.25) is 5.02 Å². The van der Waals surface area contributed by atoms with Gasteiger partial charge in [0.05, 0.1) is 0 Å². The molecule has 0 radical (unpaired) electrons. The van der Waals surface area contributed by atoms with Crippen LogP contribution < -0.4 is 10.2 Å². The van der Waals surface area contributed by atoms with Crippen LogP contribution in [0.15, 0.2) is 24.3 Å². The van der Waals surface area contributed by atoms with Crippen LogP contribution in [-0.4, -0.2) is 36.1 Å². The lowest BCUT2D eigenvalue weighted by molar-refractivity contribution is -0.135. The minimum atomic E-state index is -0.992. The molecule has 0 saturated carbocycles. The van der Waals surface area contributed by atoms with Crippen molar-refractivity contribution in [3.63, 3.8) is 0 Å². The third-order valence-corrected chi connectivity index (χ3v) is 3.25. The molecule has 0 fully saturated rings. The lowest BCUT2D eigenvalue weighted by atomic mass is 10.2. The normalized spacial score (nSPS) is 12.0. The molecule has 0 spiro atoms. The average Bonchev–Trinajstić information content (AvgIpc) is 2.42. The molecule has 1 aromatic rings. The Hall–Kier alpha value is -1.75. The largest absolute Gasteiger partial charge is 0.480 e. The number of halogens is 1. The number of carboxylic acid groups (broad SMARTS) is 1. The van der Waals surface area contributed by atoms with Gasteiger partial charge >= 0.3 is 5.97 Å². The Balaban J connectivity index is 2.88. The van der Waals surface area contributed by atoms with Gasteiger partial charge in [-0.1, -0.05) is 25.4 Å². The Morgan fingerprint density at radius 3 is 2.29 bits per heavy atom. The van der Waals surface area contributed by atoms with E-state index in [1.54, 1.807) is 31.2 Å². The van der Waals surface area contributed by atoms with E-state index in [9.17, 15) is 9.59 Å². The van der Waals surface area contributed by atoms with Crippen LogP contribution in [-0.2, 0) is 9.59 Å². The predicted molar refractivity (Wildman–Crippen MR) is 83.7 cm³/mol. The molecule has 0 aromatic heterocycles. The van der Waals surface area contributed by atoms with Crippen LogP contribution in [0.5, 0.6) is 0 Å². The van der Waals surface area contributed by atoms with E-state index in [0.717, 1.165) is 0 Å². The van der Waals surface area contributed by atoms with Gasteiger partial charge in [-0.15, -0.1) is 0 Å². The van der Waals surface area contributed by atoms with Gasteiger partial charge in [0.2, 0.25) is 5.91 Å². The minimum Gasteiger partial charge on any atom is -0.480 e. The summed E-state index contributed by atoms with van der Waals surface area (Å²) >= 11 is 5.83. The van der Waals surface area contributed by atoms with E-state index >= 15 is 0 Å². The Morgan fingerprint density at radius 2 is 1.81 bits per heavy atom. The fourth-order valence-corrected chi connectivity index (χ4v) is 1.95. The lowest BCUT2D eigenvalue weighted by Crippen LogP contribution is -2.48. The summed E-state index contributed by atoms with van der Waals surface area (Å²) in [5, 5.41) is 12.4. The highest BCUT2D eigenvalue weighted by Crippen LogP contribution is 2.20. The minimum absolute atomic E-state index is 0.195. The average molecular weight is 313 g/mol. The molecule has 0 aliphatic rings. The number of hydrogen-bond donors (Lipinski definition) is 2. The summed E-state index contributed by atoms with van der Waals surface area (Å²) in [6, 6.07) is 6.17. The smallest absolute Gasteiger partial charge is 0.323 e. The number of anilines is 1. The number of hydrogen-bond acceptors (Lipinski definition) is 3. The predicted octanol–water partition coefficient (Wildman–Crippen LogP) is 2.39. The van der Waals surface area contributed by atoms with Crippen LogP contribution >= 0.6 is 11.6 Å². The molecule has 0 heterocycles. The van der Waals surface area contributed by atoms with Crippen molar-refractivity contribution >= 4 is 29.2 Å². The second-order valence-electron chi connectivity index (χ2n) is 5.31. The molecule has 21 heavy (non-hydrogen) atoms. The van der Waals surface area contributed by atoms with Gasteiger partial charge in [-0.25, -0.2) is 0 Å². The zero-order valence-electron chi connectivity index (χ0n) is 12.5. The second-order valence-corrected chi connectivity index (χ2v) is 5.75. The SMILES string of the molecule is CC(C)CNC(=O)C(C)N(CC(=O)O)c1ccc(Cl)cc1. The quantitative estimate of drug-likeness (QED) is 0.811. The Bertz CT molecular complexity index is 488. The highest BCUT2D eigenvalue weighted by molar-refractivity contribution is 6.30. The standard InChI is InChI=1S/C15H21ClN2O3/c1-10(2)8-17-15(21)11(3)18(9-14(19)20)13-6-4-12(16)5-7-13/h4-7,10-11H,8-9H2,1-3H3,(H,17,21)(H,19,20). The van der Waals surface area contributed by atoms with Crippen LogP contribution in [0, 0.1) is 5.92 Å². The monoisotopic (exact) mass is 312 g/mol. The molecule has 1 unspecified atom stereocenters. The van der Waals surface area contributed by atoms with Gasteiger partial charge in [0.15, 0.2) is 0 Å². The Morgan fingerprint density at radius 1 is 1.24 bits per heavy atom. The van der Waals surface area contributed by atoms with E-state index in [1.165, 1.54) is 4.90 Å². The maximum absolute atomic E-state index is 12.1. The number of aliphatic carboxylic acids is 1. The number of amides is 1. The highest BCUT2D eigenvalue weighted by Gasteiger charge is 2.23. The van der Waals surface area contributed by atoms with Crippen molar-refractivity contribution in [3.05, 3.63) is 29.3 Å². The molecule has 0 saturated heterocycles. The third kappa shape index (κ3) is 5.63. The molecule has 1 aromatic carbocycles. The molecule has 6 heteroatoms. The van der Waals surface area contributed by atoms with Crippen molar-refractivity contribution in [2.24, 2.45) is 5.92 Å². The molecule has 1 atom stereocenters. The van der Waals surface area contributed by atoms with Crippen molar-refractivity contribution in [2.75, 3.05) is 18.0 Å². The number of benzene rings is 1. The first-order chi connectivity index (χ1) is 9.81. The summed E-state index contributed by atoms with van der Waals surface area (Å²) in [5.41, 5.74) is 0.647. The van der Waals surface area contributed by atoms with Crippen LogP contribution in [0.4, 0.5) is 5.69 Å². The number of rotatable bonds is 7. The molecule has 5 nitrogen and oxygen atoms in total. The van der Waals surface area contributed by atoms with Crippen LogP contribution in [0.3, 0.4) is 0 Å². The third-order valence-electron chi connectivity index (χ3n) is 3.00. The Kier molecular flexibility index (Phi) is 6.49. The van der Waals surface area contributed by atoms with E-state index in [2.05, 4.69) is 5.32 Å². The molecular formula is C15H21ClN2O3. The summed E-state index contributed by atoms with van der Waals surface area (Å²) in [5.74, 6) is -0.849. The van der Waals surface area contributed by atoms with E-state index in [1.807, 2.05) is 13.8 Å². The van der Waals surface area contributed by atoms with E-state index in [-0.39, 0.29) is 12.5 Å². The number of nitrogens with zero attached hydrogens (tertiary/aromatic N) is 1. The summed E-state index contributed by atoms with van der Waals surface area (Å²) in [4.78, 5) is 24.7.